The summed E-state index contributed by atoms with van der Waals surface area (Å²) in [5.41, 5.74) is 0.197. The molecule has 0 bridgehead atoms. The van der Waals surface area contributed by atoms with E-state index in [-0.39, 0.29) is 29.2 Å². The molecule has 9 heteroatoms. The summed E-state index contributed by atoms with van der Waals surface area (Å²) in [6, 6.07) is 0. The van der Waals surface area contributed by atoms with Crippen molar-refractivity contribution in [3.8, 4) is 0 Å². The summed E-state index contributed by atoms with van der Waals surface area (Å²) < 4.78 is 30.6. The van der Waals surface area contributed by atoms with Crippen molar-refractivity contribution in [3.63, 3.8) is 0 Å². The number of nitrogens with zero attached hydrogens (tertiary/aromatic N) is 1. The molecule has 0 unspecified atom stereocenters. The van der Waals surface area contributed by atoms with E-state index in [0.29, 0.717) is 0 Å². The highest BCUT2D eigenvalue weighted by Crippen LogP contribution is 2.18. The maximum Gasteiger partial charge on any atom is 0.303 e. The number of rotatable bonds is 7. The lowest BCUT2D eigenvalue weighted by molar-refractivity contribution is -0.138. The van der Waals surface area contributed by atoms with Gasteiger partial charge in [0.2, 0.25) is 10.0 Å². The zero-order valence-electron chi connectivity index (χ0n) is 10.5. The van der Waals surface area contributed by atoms with Crippen LogP contribution in [0.15, 0.2) is 9.42 Å². The van der Waals surface area contributed by atoms with E-state index >= 15 is 0 Å². The molecule has 106 valence electrons. The molecule has 1 aromatic heterocycles. The maximum absolute atomic E-state index is 11.9. The molecule has 1 rings (SSSR count). The Kier molecular flexibility index (Phi) is 4.78. The van der Waals surface area contributed by atoms with Crippen molar-refractivity contribution in [1.82, 2.24) is 9.88 Å². The quantitative estimate of drug-likeness (QED) is 0.723. The van der Waals surface area contributed by atoms with Gasteiger partial charge in [0.25, 0.3) is 0 Å². The highest BCUT2D eigenvalue weighted by molar-refractivity contribution is 7.89. The number of ketones is 1. The Morgan fingerprint density at radius 2 is 1.95 bits per heavy atom. The first kappa shape index (κ1) is 15.3. The molecule has 0 saturated carbocycles. The van der Waals surface area contributed by atoms with Crippen LogP contribution in [-0.4, -0.2) is 37.0 Å². The van der Waals surface area contributed by atoms with Gasteiger partial charge in [-0.05, 0) is 13.8 Å². The molecular weight excluding hydrogens is 276 g/mol. The number of aryl methyl sites for hydroxylation is 2. The summed E-state index contributed by atoms with van der Waals surface area (Å²) in [5, 5.41) is 11.9. The average Bonchev–Trinajstić information content (AvgIpc) is 2.64. The number of hydrogen-bond acceptors (Lipinski definition) is 6. The molecular formula is C10H14N2O6S. The number of carbonyl (C=O) groups excluding carboxylic acids is 1. The van der Waals surface area contributed by atoms with Crippen LogP contribution in [0.1, 0.15) is 24.3 Å². The molecule has 0 aliphatic heterocycles. The number of carboxylic acid groups (broad SMARTS) is 1. The fourth-order valence-corrected chi connectivity index (χ4v) is 2.78. The van der Waals surface area contributed by atoms with Crippen LogP contribution in [0.3, 0.4) is 0 Å². The second-order valence-electron chi connectivity index (χ2n) is 3.91. The summed E-state index contributed by atoms with van der Waals surface area (Å²) in [4.78, 5) is 21.5. The number of sulfonamides is 1. The van der Waals surface area contributed by atoms with Gasteiger partial charge in [-0.25, -0.2) is 13.1 Å². The Labute approximate surface area is 109 Å². The number of nitrogens with one attached hydrogen (secondary N) is 1. The lowest BCUT2D eigenvalue weighted by atomic mass is 10.2. The second-order valence-corrected chi connectivity index (χ2v) is 5.61. The van der Waals surface area contributed by atoms with Crippen molar-refractivity contribution in [3.05, 3.63) is 11.5 Å². The van der Waals surface area contributed by atoms with Crippen LogP contribution >= 0.6 is 0 Å². The van der Waals surface area contributed by atoms with Crippen molar-refractivity contribution < 1.29 is 27.6 Å². The Hall–Kier alpha value is -1.74. The van der Waals surface area contributed by atoms with E-state index < -0.39 is 28.3 Å². The highest BCUT2D eigenvalue weighted by Gasteiger charge is 2.24. The lowest BCUT2D eigenvalue weighted by Gasteiger charge is -2.04. The fraction of sp³-hybridized carbons (Fsp3) is 0.500. The van der Waals surface area contributed by atoms with Crippen molar-refractivity contribution in [2.24, 2.45) is 0 Å². The molecule has 0 saturated heterocycles. The Balaban J connectivity index is 2.67. The van der Waals surface area contributed by atoms with E-state index in [1.807, 2.05) is 0 Å². The van der Waals surface area contributed by atoms with Crippen LogP contribution < -0.4 is 4.72 Å². The smallest absolute Gasteiger partial charge is 0.303 e. The molecule has 19 heavy (non-hydrogen) atoms. The van der Waals surface area contributed by atoms with Crippen molar-refractivity contribution in [2.75, 3.05) is 6.54 Å². The first-order valence-corrected chi connectivity index (χ1v) is 6.88. The number of carboxylic acids is 1. The van der Waals surface area contributed by atoms with Crippen LogP contribution in [0.2, 0.25) is 0 Å². The molecule has 0 aliphatic carbocycles. The van der Waals surface area contributed by atoms with Gasteiger partial charge in [0.1, 0.15) is 16.4 Å². The summed E-state index contributed by atoms with van der Waals surface area (Å²) in [6.07, 6.45) is -0.550. The summed E-state index contributed by atoms with van der Waals surface area (Å²) in [7, 11) is -3.89. The average molecular weight is 290 g/mol. The minimum Gasteiger partial charge on any atom is -0.481 e. The van der Waals surface area contributed by atoms with Gasteiger partial charge in [-0.15, -0.1) is 0 Å². The molecule has 0 aliphatic rings. The third kappa shape index (κ3) is 4.14. The van der Waals surface area contributed by atoms with Crippen LogP contribution in [0.4, 0.5) is 0 Å². The van der Waals surface area contributed by atoms with Gasteiger partial charge >= 0.3 is 5.97 Å². The molecule has 0 amide bonds. The lowest BCUT2D eigenvalue weighted by Crippen LogP contribution is -2.30. The summed E-state index contributed by atoms with van der Waals surface area (Å²) >= 11 is 0. The monoisotopic (exact) mass is 290 g/mol. The van der Waals surface area contributed by atoms with Crippen molar-refractivity contribution in [2.45, 2.75) is 31.6 Å². The zero-order valence-corrected chi connectivity index (χ0v) is 11.3. The predicted octanol–water partition coefficient (Wildman–Crippen LogP) is 0.00364. The molecule has 1 heterocycles. The first-order valence-electron chi connectivity index (χ1n) is 5.40. The van der Waals surface area contributed by atoms with Crippen molar-refractivity contribution >= 4 is 21.8 Å². The normalized spacial score (nSPS) is 11.5. The van der Waals surface area contributed by atoms with Gasteiger partial charge in [-0.2, -0.15) is 0 Å². The largest absolute Gasteiger partial charge is 0.481 e. The third-order valence-electron chi connectivity index (χ3n) is 2.31. The van der Waals surface area contributed by atoms with Crippen LogP contribution in [-0.2, 0) is 19.6 Å². The van der Waals surface area contributed by atoms with Crippen LogP contribution in [0.5, 0.6) is 0 Å². The van der Waals surface area contributed by atoms with Crippen LogP contribution in [0, 0.1) is 13.8 Å². The Morgan fingerprint density at radius 1 is 1.32 bits per heavy atom. The molecule has 8 nitrogen and oxygen atoms in total. The minimum atomic E-state index is -3.89. The Morgan fingerprint density at radius 3 is 2.42 bits per heavy atom. The van der Waals surface area contributed by atoms with Gasteiger partial charge in [-0.1, -0.05) is 5.16 Å². The van der Waals surface area contributed by atoms with Crippen molar-refractivity contribution in [1.29, 1.82) is 0 Å². The predicted molar refractivity (Wildman–Crippen MR) is 63.0 cm³/mol. The van der Waals surface area contributed by atoms with Gasteiger partial charge in [0.15, 0.2) is 5.76 Å². The number of aliphatic carboxylic acids is 1. The molecule has 0 atom stereocenters. The van der Waals surface area contributed by atoms with Gasteiger partial charge in [0, 0.05) is 6.42 Å². The highest BCUT2D eigenvalue weighted by atomic mass is 32.2. The fourth-order valence-electron chi connectivity index (χ4n) is 1.44. The molecule has 0 aromatic carbocycles. The number of aromatic nitrogens is 1. The van der Waals surface area contributed by atoms with E-state index in [1.54, 1.807) is 0 Å². The topological polar surface area (TPSA) is 127 Å². The second kappa shape index (κ2) is 5.93. The molecule has 2 N–H and O–H groups in total. The standard InChI is InChI=1S/C10H14N2O6S/c1-6-10(7(2)18-12-6)19(16,17)11-5-8(13)3-4-9(14)15/h11H,3-5H2,1-2H3,(H,14,15). The number of hydrogen-bond donors (Lipinski definition) is 2. The molecule has 0 fully saturated rings. The molecule has 0 spiro atoms. The van der Waals surface area contributed by atoms with E-state index in [1.165, 1.54) is 13.8 Å². The summed E-state index contributed by atoms with van der Waals surface area (Å²) in [6.45, 7) is 2.46. The minimum absolute atomic E-state index is 0.0986. The van der Waals surface area contributed by atoms with Crippen LogP contribution in [0.25, 0.3) is 0 Å². The SMILES string of the molecule is Cc1noc(C)c1S(=O)(=O)NCC(=O)CCC(=O)O. The van der Waals surface area contributed by atoms with E-state index in [4.69, 9.17) is 9.63 Å². The zero-order chi connectivity index (χ0) is 14.6. The van der Waals surface area contributed by atoms with Gasteiger partial charge < -0.3 is 9.63 Å². The maximum atomic E-state index is 11.9. The number of Topliss-reactive ketones (excluding diaryl/α,β-unsaturated/α-hetero) is 1. The molecule has 1 aromatic rings. The third-order valence-corrected chi connectivity index (χ3v) is 3.96. The Bertz CT molecular complexity index is 570. The molecule has 0 radical (unpaired) electrons. The van der Waals surface area contributed by atoms with E-state index in [2.05, 4.69) is 9.88 Å². The van der Waals surface area contributed by atoms with E-state index in [0.717, 1.165) is 0 Å². The number of carbonyl (C=O) groups is 2. The first-order chi connectivity index (χ1) is 8.74. The van der Waals surface area contributed by atoms with Gasteiger partial charge in [-0.3, -0.25) is 9.59 Å². The summed E-state index contributed by atoms with van der Waals surface area (Å²) in [5.74, 6) is -1.48. The van der Waals surface area contributed by atoms with Gasteiger partial charge in [0.05, 0.1) is 13.0 Å². The van der Waals surface area contributed by atoms with E-state index in [9.17, 15) is 18.0 Å².